The van der Waals surface area contributed by atoms with Gasteiger partial charge in [0.1, 0.15) is 0 Å². The highest BCUT2D eigenvalue weighted by molar-refractivity contribution is 6.62. The summed E-state index contributed by atoms with van der Waals surface area (Å²) in [6.07, 6.45) is 0. The van der Waals surface area contributed by atoms with E-state index in [1.54, 1.807) is 6.07 Å². The van der Waals surface area contributed by atoms with Gasteiger partial charge in [0.2, 0.25) is 0 Å². The third-order valence-electron chi connectivity index (χ3n) is 3.47. The Morgan fingerprint density at radius 1 is 1.06 bits per heavy atom. The predicted molar refractivity (Wildman–Crippen MR) is 75.9 cm³/mol. The van der Waals surface area contributed by atoms with Gasteiger partial charge in [-0.1, -0.05) is 36.4 Å². The zero-order valence-electron chi connectivity index (χ0n) is 11.0. The highest BCUT2D eigenvalue weighted by Gasteiger charge is 2.19. The molecule has 1 unspecified atom stereocenters. The van der Waals surface area contributed by atoms with E-state index in [9.17, 15) is 10.0 Å². The SMILES string of the molecule is CC(c1cccc2cccc(B(O)O)c12)N(C)C. The lowest BCUT2D eigenvalue weighted by Gasteiger charge is -2.23. The molecule has 0 bridgehead atoms. The summed E-state index contributed by atoms with van der Waals surface area (Å²) >= 11 is 0. The van der Waals surface area contributed by atoms with Crippen molar-refractivity contribution in [3.63, 3.8) is 0 Å². The molecule has 2 N–H and O–H groups in total. The summed E-state index contributed by atoms with van der Waals surface area (Å²) < 4.78 is 0. The molecule has 0 spiro atoms. The maximum atomic E-state index is 9.51. The molecule has 0 saturated heterocycles. The lowest BCUT2D eigenvalue weighted by atomic mass is 9.75. The third kappa shape index (κ3) is 2.27. The molecule has 0 aliphatic rings. The van der Waals surface area contributed by atoms with E-state index >= 15 is 0 Å². The van der Waals surface area contributed by atoms with E-state index in [4.69, 9.17) is 0 Å². The van der Waals surface area contributed by atoms with Crippen LogP contribution in [0.25, 0.3) is 10.8 Å². The summed E-state index contributed by atoms with van der Waals surface area (Å²) in [7, 11) is 2.59. The van der Waals surface area contributed by atoms with E-state index in [0.29, 0.717) is 5.46 Å². The van der Waals surface area contributed by atoms with Crippen molar-refractivity contribution in [2.24, 2.45) is 0 Å². The number of fused-ring (bicyclic) bond motifs is 1. The molecule has 0 aliphatic carbocycles. The molecule has 2 aromatic rings. The van der Waals surface area contributed by atoms with Crippen molar-refractivity contribution in [3.05, 3.63) is 42.0 Å². The van der Waals surface area contributed by atoms with E-state index in [2.05, 4.69) is 11.8 Å². The van der Waals surface area contributed by atoms with Crippen LogP contribution in [0.1, 0.15) is 18.5 Å². The first-order valence-corrected chi connectivity index (χ1v) is 6.06. The Kier molecular flexibility index (Phi) is 3.71. The van der Waals surface area contributed by atoms with E-state index in [1.165, 1.54) is 0 Å². The zero-order valence-corrected chi connectivity index (χ0v) is 11.0. The molecule has 0 fully saturated rings. The smallest absolute Gasteiger partial charge is 0.423 e. The molecule has 0 amide bonds. The maximum Gasteiger partial charge on any atom is 0.489 e. The first-order valence-electron chi connectivity index (χ1n) is 6.06. The average molecular weight is 243 g/mol. The fraction of sp³-hybridized carbons (Fsp3) is 0.286. The average Bonchev–Trinajstić information content (AvgIpc) is 2.36. The topological polar surface area (TPSA) is 43.7 Å². The van der Waals surface area contributed by atoms with Gasteiger partial charge in [0.05, 0.1) is 0 Å². The van der Waals surface area contributed by atoms with Crippen molar-refractivity contribution < 1.29 is 10.0 Å². The van der Waals surface area contributed by atoms with Crippen molar-refractivity contribution in [1.29, 1.82) is 0 Å². The molecule has 94 valence electrons. The van der Waals surface area contributed by atoms with Gasteiger partial charge in [-0.3, -0.25) is 0 Å². The first kappa shape index (κ1) is 13.1. The Morgan fingerprint density at radius 2 is 1.67 bits per heavy atom. The summed E-state index contributed by atoms with van der Waals surface area (Å²) in [6, 6.07) is 11.9. The van der Waals surface area contributed by atoms with Crippen LogP contribution in [0.15, 0.2) is 36.4 Å². The normalized spacial score (nSPS) is 13.0. The minimum atomic E-state index is -1.44. The highest BCUT2D eigenvalue weighted by Crippen LogP contribution is 2.25. The van der Waals surface area contributed by atoms with Crippen LogP contribution < -0.4 is 5.46 Å². The van der Waals surface area contributed by atoms with Gasteiger partial charge >= 0.3 is 7.12 Å². The van der Waals surface area contributed by atoms with Gasteiger partial charge in [0.25, 0.3) is 0 Å². The summed E-state index contributed by atoms with van der Waals surface area (Å²) in [5.74, 6) is 0. The molecule has 3 nitrogen and oxygen atoms in total. The number of rotatable bonds is 3. The van der Waals surface area contributed by atoms with Gasteiger partial charge in [-0.05, 0) is 42.8 Å². The van der Waals surface area contributed by atoms with E-state index in [0.717, 1.165) is 16.3 Å². The van der Waals surface area contributed by atoms with Crippen molar-refractivity contribution in [1.82, 2.24) is 4.90 Å². The highest BCUT2D eigenvalue weighted by atomic mass is 16.4. The Balaban J connectivity index is 2.73. The zero-order chi connectivity index (χ0) is 13.3. The summed E-state index contributed by atoms with van der Waals surface area (Å²) in [5.41, 5.74) is 1.68. The van der Waals surface area contributed by atoms with Crippen molar-refractivity contribution >= 4 is 23.4 Å². The Labute approximate surface area is 108 Å². The van der Waals surface area contributed by atoms with Crippen LogP contribution in [0.4, 0.5) is 0 Å². The van der Waals surface area contributed by atoms with Crippen LogP contribution in [0, 0.1) is 0 Å². The lowest BCUT2D eigenvalue weighted by molar-refractivity contribution is 0.323. The fourth-order valence-corrected chi connectivity index (χ4v) is 2.24. The number of hydrogen-bond donors (Lipinski definition) is 2. The molecular weight excluding hydrogens is 225 g/mol. The minimum absolute atomic E-state index is 0.216. The Hall–Kier alpha value is -1.36. The quantitative estimate of drug-likeness (QED) is 0.794. The van der Waals surface area contributed by atoms with Crippen molar-refractivity contribution in [2.75, 3.05) is 14.1 Å². The van der Waals surface area contributed by atoms with Gasteiger partial charge in [-0.25, -0.2) is 0 Å². The molecule has 0 heterocycles. The minimum Gasteiger partial charge on any atom is -0.423 e. The Morgan fingerprint density at radius 3 is 2.22 bits per heavy atom. The first-order chi connectivity index (χ1) is 8.52. The maximum absolute atomic E-state index is 9.51. The molecule has 1 atom stereocenters. The standard InChI is InChI=1S/C14H18BNO2/c1-10(16(2)3)12-8-4-6-11-7-5-9-13(14(11)12)15(17)18/h4-10,17-18H,1-3H3. The van der Waals surface area contributed by atoms with Crippen molar-refractivity contribution in [3.8, 4) is 0 Å². The van der Waals surface area contributed by atoms with E-state index in [1.807, 2.05) is 44.4 Å². The van der Waals surface area contributed by atoms with Crippen LogP contribution >= 0.6 is 0 Å². The molecule has 0 saturated carbocycles. The van der Waals surface area contributed by atoms with E-state index < -0.39 is 7.12 Å². The van der Waals surface area contributed by atoms with Crippen molar-refractivity contribution in [2.45, 2.75) is 13.0 Å². The largest absolute Gasteiger partial charge is 0.489 e. The second kappa shape index (κ2) is 5.10. The van der Waals surface area contributed by atoms with Gasteiger partial charge in [-0.2, -0.15) is 0 Å². The van der Waals surface area contributed by atoms with Crippen LogP contribution in [0.3, 0.4) is 0 Å². The van der Waals surface area contributed by atoms with Crippen LogP contribution in [-0.4, -0.2) is 36.2 Å². The molecule has 18 heavy (non-hydrogen) atoms. The molecule has 0 radical (unpaired) electrons. The van der Waals surface area contributed by atoms with Gasteiger partial charge in [0, 0.05) is 6.04 Å². The third-order valence-corrected chi connectivity index (χ3v) is 3.47. The van der Waals surface area contributed by atoms with Crippen LogP contribution in [0.5, 0.6) is 0 Å². The molecule has 2 aromatic carbocycles. The monoisotopic (exact) mass is 243 g/mol. The van der Waals surface area contributed by atoms with E-state index in [-0.39, 0.29) is 6.04 Å². The fourth-order valence-electron chi connectivity index (χ4n) is 2.24. The molecule has 4 heteroatoms. The van der Waals surface area contributed by atoms with Crippen LogP contribution in [-0.2, 0) is 0 Å². The number of benzene rings is 2. The summed E-state index contributed by atoms with van der Waals surface area (Å²) in [4.78, 5) is 2.11. The van der Waals surface area contributed by atoms with Crippen LogP contribution in [0.2, 0.25) is 0 Å². The Bertz CT molecular complexity index is 549. The number of nitrogens with zero attached hydrogens (tertiary/aromatic N) is 1. The second-order valence-electron chi connectivity index (χ2n) is 4.81. The summed E-state index contributed by atoms with van der Waals surface area (Å²) in [5, 5.41) is 21.0. The summed E-state index contributed by atoms with van der Waals surface area (Å²) in [6.45, 7) is 2.11. The molecule has 0 aromatic heterocycles. The molecule has 0 aliphatic heterocycles. The van der Waals surface area contributed by atoms with Gasteiger partial charge in [-0.15, -0.1) is 0 Å². The molecular formula is C14H18BNO2. The molecule has 2 rings (SSSR count). The number of hydrogen-bond acceptors (Lipinski definition) is 3. The lowest BCUT2D eigenvalue weighted by Crippen LogP contribution is -2.31. The van der Waals surface area contributed by atoms with Gasteiger partial charge < -0.3 is 14.9 Å². The second-order valence-corrected chi connectivity index (χ2v) is 4.81. The predicted octanol–water partition coefficient (Wildman–Crippen LogP) is 1.14. The van der Waals surface area contributed by atoms with Gasteiger partial charge in [0.15, 0.2) is 0 Å².